The van der Waals surface area contributed by atoms with Gasteiger partial charge in [0.2, 0.25) is 11.7 Å². The Balaban J connectivity index is 2.64. The molecule has 0 bridgehead atoms. The van der Waals surface area contributed by atoms with Gasteiger partial charge in [0.25, 0.3) is 0 Å². The molecular weight excluding hydrogens is 337 g/mol. The Morgan fingerprint density at radius 1 is 1.33 bits per heavy atom. The van der Waals surface area contributed by atoms with Gasteiger partial charge in [-0.05, 0) is 13.0 Å². The fourth-order valence-electron chi connectivity index (χ4n) is 3.06. The SMILES string of the molecule is COc1c([C@H]2C(C(N)=O)O[C@@](C)(C(F)(F)F)[C@H]2C)ccc(F)c1F. The minimum absolute atomic E-state index is 0.110. The Kier molecular flexibility index (Phi) is 4.51. The van der Waals surface area contributed by atoms with Crippen molar-refractivity contribution in [1.82, 2.24) is 0 Å². The zero-order valence-corrected chi connectivity index (χ0v) is 13.1. The molecule has 2 N–H and O–H groups in total. The molecule has 0 saturated carbocycles. The van der Waals surface area contributed by atoms with Gasteiger partial charge >= 0.3 is 6.18 Å². The van der Waals surface area contributed by atoms with Crippen LogP contribution in [-0.2, 0) is 9.53 Å². The zero-order chi connectivity index (χ0) is 18.4. The van der Waals surface area contributed by atoms with E-state index >= 15 is 0 Å². The number of methoxy groups -OCH3 is 1. The standard InChI is InChI=1S/C15H16F5NO3/c1-6-9(7-4-5-8(16)10(17)11(7)23-3)12(13(21)22)24-14(6,2)15(18,19)20/h4-6,9,12H,1-3H3,(H2,21,22)/t6-,9-,12?,14+/m0/s1. The number of benzene rings is 1. The third kappa shape index (κ3) is 2.60. The second-order valence-electron chi connectivity index (χ2n) is 5.84. The van der Waals surface area contributed by atoms with E-state index in [4.69, 9.17) is 15.2 Å². The van der Waals surface area contributed by atoms with E-state index in [2.05, 4.69) is 0 Å². The Bertz CT molecular complexity index is 663. The highest BCUT2D eigenvalue weighted by Gasteiger charge is 2.65. The van der Waals surface area contributed by atoms with Gasteiger partial charge in [0.1, 0.15) is 6.10 Å². The average molecular weight is 353 g/mol. The first-order valence-corrected chi connectivity index (χ1v) is 7.01. The van der Waals surface area contributed by atoms with Crippen molar-refractivity contribution in [1.29, 1.82) is 0 Å². The summed E-state index contributed by atoms with van der Waals surface area (Å²) in [5, 5.41) is 0. The molecule has 0 radical (unpaired) electrons. The summed E-state index contributed by atoms with van der Waals surface area (Å²) in [6.45, 7) is 2.00. The minimum Gasteiger partial charge on any atom is -0.493 e. The molecule has 1 fully saturated rings. The predicted octanol–water partition coefficient (Wildman–Crippen LogP) is 2.90. The number of hydrogen-bond acceptors (Lipinski definition) is 3. The Morgan fingerprint density at radius 3 is 2.38 bits per heavy atom. The average Bonchev–Trinajstić information content (AvgIpc) is 2.75. The molecule has 1 aromatic rings. The van der Waals surface area contributed by atoms with Crippen molar-refractivity contribution in [3.05, 3.63) is 29.3 Å². The highest BCUT2D eigenvalue weighted by molar-refractivity contribution is 5.81. The zero-order valence-electron chi connectivity index (χ0n) is 13.1. The molecule has 1 aliphatic rings. The Labute approximate surface area is 134 Å². The lowest BCUT2D eigenvalue weighted by atomic mass is 9.77. The summed E-state index contributed by atoms with van der Waals surface area (Å²) < 4.78 is 77.2. The normalized spacial score (nSPS) is 30.4. The number of hydrogen-bond donors (Lipinski definition) is 1. The van der Waals surface area contributed by atoms with Gasteiger partial charge in [0.05, 0.1) is 7.11 Å². The van der Waals surface area contributed by atoms with Gasteiger partial charge in [-0.25, -0.2) is 4.39 Å². The molecule has 0 aliphatic carbocycles. The monoisotopic (exact) mass is 353 g/mol. The molecule has 1 saturated heterocycles. The van der Waals surface area contributed by atoms with Crippen LogP contribution in [-0.4, -0.2) is 30.9 Å². The van der Waals surface area contributed by atoms with E-state index in [0.717, 1.165) is 26.2 Å². The van der Waals surface area contributed by atoms with Gasteiger partial charge in [0.15, 0.2) is 17.2 Å². The molecule has 1 heterocycles. The van der Waals surface area contributed by atoms with Crippen molar-refractivity contribution in [2.75, 3.05) is 7.11 Å². The van der Waals surface area contributed by atoms with Crippen LogP contribution in [0.2, 0.25) is 0 Å². The molecule has 4 nitrogen and oxygen atoms in total. The first-order chi connectivity index (χ1) is 11.0. The van der Waals surface area contributed by atoms with Gasteiger partial charge in [-0.2, -0.15) is 17.6 Å². The number of carbonyl (C=O) groups is 1. The quantitative estimate of drug-likeness (QED) is 0.850. The Morgan fingerprint density at radius 2 is 1.92 bits per heavy atom. The maximum absolute atomic E-state index is 13.9. The summed E-state index contributed by atoms with van der Waals surface area (Å²) in [5.41, 5.74) is 2.39. The first-order valence-electron chi connectivity index (χ1n) is 7.01. The van der Waals surface area contributed by atoms with Crippen LogP contribution in [0, 0.1) is 17.6 Å². The molecule has 1 amide bonds. The third-order valence-electron chi connectivity index (χ3n) is 4.59. The van der Waals surface area contributed by atoms with E-state index in [9.17, 15) is 26.7 Å². The Hall–Kier alpha value is -1.90. The van der Waals surface area contributed by atoms with Gasteiger partial charge in [-0.3, -0.25) is 4.79 Å². The van der Waals surface area contributed by atoms with Crippen LogP contribution >= 0.6 is 0 Å². The van der Waals surface area contributed by atoms with E-state index in [1.165, 1.54) is 6.92 Å². The van der Waals surface area contributed by atoms with Crippen molar-refractivity contribution in [2.24, 2.45) is 11.7 Å². The molecule has 0 aromatic heterocycles. The van der Waals surface area contributed by atoms with E-state index in [1.807, 2.05) is 0 Å². The molecule has 0 spiro atoms. The number of ether oxygens (including phenoxy) is 2. The van der Waals surface area contributed by atoms with Crippen molar-refractivity contribution in [3.63, 3.8) is 0 Å². The summed E-state index contributed by atoms with van der Waals surface area (Å²) in [5.74, 6) is -6.84. The second kappa shape index (κ2) is 5.87. The fraction of sp³-hybridized carbons (Fsp3) is 0.533. The lowest BCUT2D eigenvalue weighted by molar-refractivity contribution is -0.272. The van der Waals surface area contributed by atoms with Gasteiger partial charge in [-0.1, -0.05) is 13.0 Å². The molecule has 134 valence electrons. The summed E-state index contributed by atoms with van der Waals surface area (Å²) in [6.07, 6.45) is -6.45. The van der Waals surface area contributed by atoms with E-state index in [0.29, 0.717) is 0 Å². The smallest absolute Gasteiger partial charge is 0.417 e. The molecule has 1 unspecified atom stereocenters. The topological polar surface area (TPSA) is 61.5 Å². The van der Waals surface area contributed by atoms with Gasteiger partial charge < -0.3 is 15.2 Å². The predicted molar refractivity (Wildman–Crippen MR) is 73.3 cm³/mol. The van der Waals surface area contributed by atoms with E-state index in [1.54, 1.807) is 0 Å². The molecular formula is C15H16F5NO3. The fourth-order valence-corrected chi connectivity index (χ4v) is 3.06. The van der Waals surface area contributed by atoms with Crippen LogP contribution in [0.15, 0.2) is 12.1 Å². The van der Waals surface area contributed by atoms with Crippen LogP contribution in [0.5, 0.6) is 5.75 Å². The van der Waals surface area contributed by atoms with Crippen LogP contribution < -0.4 is 10.5 Å². The van der Waals surface area contributed by atoms with Crippen LogP contribution in [0.4, 0.5) is 22.0 Å². The highest BCUT2D eigenvalue weighted by atomic mass is 19.4. The number of alkyl halides is 3. The lowest BCUT2D eigenvalue weighted by Gasteiger charge is -2.32. The van der Waals surface area contributed by atoms with Crippen LogP contribution in [0.1, 0.15) is 25.3 Å². The molecule has 4 atom stereocenters. The van der Waals surface area contributed by atoms with Gasteiger partial charge in [0, 0.05) is 17.4 Å². The van der Waals surface area contributed by atoms with E-state index in [-0.39, 0.29) is 5.56 Å². The summed E-state index contributed by atoms with van der Waals surface area (Å²) >= 11 is 0. The minimum atomic E-state index is -4.79. The van der Waals surface area contributed by atoms with Crippen molar-refractivity contribution in [2.45, 2.75) is 37.6 Å². The number of amides is 1. The third-order valence-corrected chi connectivity index (χ3v) is 4.59. The maximum Gasteiger partial charge on any atom is 0.417 e. The number of halogens is 5. The molecule has 2 rings (SSSR count). The summed E-state index contributed by atoms with van der Waals surface area (Å²) in [4.78, 5) is 11.6. The van der Waals surface area contributed by atoms with Crippen molar-refractivity contribution >= 4 is 5.91 Å². The van der Waals surface area contributed by atoms with Crippen molar-refractivity contribution < 1.29 is 36.2 Å². The molecule has 24 heavy (non-hydrogen) atoms. The number of carbonyl (C=O) groups excluding carboxylic acids is 1. The molecule has 9 heteroatoms. The number of rotatable bonds is 3. The highest BCUT2D eigenvalue weighted by Crippen LogP contribution is 2.54. The maximum atomic E-state index is 13.9. The van der Waals surface area contributed by atoms with E-state index < -0.39 is 53.0 Å². The molecule has 1 aliphatic heterocycles. The lowest BCUT2D eigenvalue weighted by Crippen LogP contribution is -2.47. The summed E-state index contributed by atoms with van der Waals surface area (Å²) in [7, 11) is 1.05. The molecule has 1 aromatic carbocycles. The second-order valence-corrected chi connectivity index (χ2v) is 5.84. The summed E-state index contributed by atoms with van der Waals surface area (Å²) in [6, 6.07) is 1.82. The van der Waals surface area contributed by atoms with Crippen LogP contribution in [0.25, 0.3) is 0 Å². The first kappa shape index (κ1) is 18.4. The van der Waals surface area contributed by atoms with Crippen LogP contribution in [0.3, 0.4) is 0 Å². The number of primary amides is 1. The van der Waals surface area contributed by atoms with Gasteiger partial charge in [-0.15, -0.1) is 0 Å². The van der Waals surface area contributed by atoms with Crippen molar-refractivity contribution in [3.8, 4) is 5.75 Å². The largest absolute Gasteiger partial charge is 0.493 e. The number of nitrogens with two attached hydrogens (primary N) is 1.